The molecule has 1 saturated heterocycles. The van der Waals surface area contributed by atoms with Crippen LogP contribution in [0.4, 0.5) is 5.69 Å². The van der Waals surface area contributed by atoms with Crippen LogP contribution in [-0.4, -0.2) is 67.6 Å². The Labute approximate surface area is 177 Å². The minimum atomic E-state index is -0.441. The number of ether oxygens (including phenoxy) is 2. The highest BCUT2D eigenvalue weighted by Crippen LogP contribution is 2.17. The fraction of sp³-hybridized carbons (Fsp3) is 0.391. The molecule has 1 fully saturated rings. The maximum Gasteiger partial charge on any atom is 0.241 e. The van der Waals surface area contributed by atoms with Gasteiger partial charge in [-0.05, 0) is 43.8 Å². The summed E-state index contributed by atoms with van der Waals surface area (Å²) in [7, 11) is 1.78. The smallest absolute Gasteiger partial charge is 0.241 e. The molecule has 160 valence electrons. The normalized spacial score (nSPS) is 15.0. The number of nitrogens with one attached hydrogen (secondary N) is 1. The zero-order chi connectivity index (χ0) is 21.3. The lowest BCUT2D eigenvalue weighted by Gasteiger charge is -2.30. The first kappa shape index (κ1) is 21.8. The number of rotatable bonds is 8. The van der Waals surface area contributed by atoms with Crippen LogP contribution >= 0.6 is 0 Å². The summed E-state index contributed by atoms with van der Waals surface area (Å²) in [4.78, 5) is 28.5. The SMILES string of the molecule is C[C@@H](C(=O)Nc1ccc(OCc2ccccc2)cc1)N(C)CC(=O)N1CCOCC1. The Bertz CT molecular complexity index is 820. The predicted octanol–water partition coefficient (Wildman–Crippen LogP) is 2.38. The first-order chi connectivity index (χ1) is 14.5. The van der Waals surface area contributed by atoms with Crippen LogP contribution in [0.15, 0.2) is 54.6 Å². The van der Waals surface area contributed by atoms with Crippen molar-refractivity contribution < 1.29 is 19.1 Å². The Hall–Kier alpha value is -2.90. The summed E-state index contributed by atoms with van der Waals surface area (Å²) in [5, 5.41) is 2.90. The summed E-state index contributed by atoms with van der Waals surface area (Å²) in [5.74, 6) is 0.587. The zero-order valence-electron chi connectivity index (χ0n) is 17.5. The predicted molar refractivity (Wildman–Crippen MR) is 115 cm³/mol. The van der Waals surface area contributed by atoms with E-state index in [1.54, 1.807) is 23.8 Å². The summed E-state index contributed by atoms with van der Waals surface area (Å²) < 4.78 is 11.0. The molecule has 2 aromatic rings. The Morgan fingerprint density at radius 1 is 1.10 bits per heavy atom. The minimum absolute atomic E-state index is 0.0142. The summed E-state index contributed by atoms with van der Waals surface area (Å²) in [6.07, 6.45) is 0. The molecular weight excluding hydrogens is 382 g/mol. The van der Waals surface area contributed by atoms with Crippen molar-refractivity contribution in [3.63, 3.8) is 0 Å². The summed E-state index contributed by atoms with van der Waals surface area (Å²) >= 11 is 0. The van der Waals surface area contributed by atoms with Crippen molar-refractivity contribution in [1.82, 2.24) is 9.80 Å². The van der Waals surface area contributed by atoms with E-state index in [0.717, 1.165) is 11.3 Å². The number of hydrogen-bond acceptors (Lipinski definition) is 5. The number of benzene rings is 2. The van der Waals surface area contributed by atoms with Gasteiger partial charge in [-0.3, -0.25) is 14.5 Å². The van der Waals surface area contributed by atoms with E-state index in [1.807, 2.05) is 54.6 Å². The topological polar surface area (TPSA) is 71.1 Å². The Balaban J connectivity index is 1.46. The lowest BCUT2D eigenvalue weighted by atomic mass is 10.2. The van der Waals surface area contributed by atoms with Gasteiger partial charge in [-0.25, -0.2) is 0 Å². The molecule has 2 aromatic carbocycles. The first-order valence-corrected chi connectivity index (χ1v) is 10.2. The van der Waals surface area contributed by atoms with Gasteiger partial charge in [0.2, 0.25) is 11.8 Å². The van der Waals surface area contributed by atoms with Gasteiger partial charge in [0.25, 0.3) is 0 Å². The standard InChI is InChI=1S/C23H29N3O4/c1-18(25(2)16-22(27)26-12-14-29-15-13-26)23(28)24-20-8-10-21(11-9-20)30-17-19-6-4-3-5-7-19/h3-11,18H,12-17H2,1-2H3,(H,24,28)/t18-/m0/s1. The number of carbonyl (C=O) groups excluding carboxylic acids is 2. The van der Waals surface area contributed by atoms with E-state index in [2.05, 4.69) is 5.32 Å². The Morgan fingerprint density at radius 2 is 1.77 bits per heavy atom. The molecule has 1 N–H and O–H groups in total. The molecule has 1 aliphatic heterocycles. The third kappa shape index (κ3) is 6.30. The fourth-order valence-electron chi connectivity index (χ4n) is 3.09. The molecule has 0 radical (unpaired) electrons. The van der Waals surface area contributed by atoms with Crippen LogP contribution in [0.3, 0.4) is 0 Å². The van der Waals surface area contributed by atoms with E-state index in [4.69, 9.17) is 9.47 Å². The molecule has 2 amide bonds. The summed E-state index contributed by atoms with van der Waals surface area (Å²) in [6.45, 7) is 4.82. The van der Waals surface area contributed by atoms with Gasteiger partial charge in [0.05, 0.1) is 25.8 Å². The summed E-state index contributed by atoms with van der Waals surface area (Å²) in [5.41, 5.74) is 1.78. The van der Waals surface area contributed by atoms with Crippen molar-refractivity contribution in [3.05, 3.63) is 60.2 Å². The van der Waals surface area contributed by atoms with Crippen LogP contribution in [0.2, 0.25) is 0 Å². The molecule has 0 aliphatic carbocycles. The number of anilines is 1. The molecule has 1 heterocycles. The molecule has 7 nitrogen and oxygen atoms in total. The van der Waals surface area contributed by atoms with E-state index in [1.165, 1.54) is 0 Å². The molecule has 0 bridgehead atoms. The van der Waals surface area contributed by atoms with Crippen LogP contribution < -0.4 is 10.1 Å². The lowest BCUT2D eigenvalue weighted by Crippen LogP contribution is -2.48. The fourth-order valence-corrected chi connectivity index (χ4v) is 3.09. The Morgan fingerprint density at radius 3 is 2.43 bits per heavy atom. The highest BCUT2D eigenvalue weighted by atomic mass is 16.5. The van der Waals surface area contributed by atoms with Gasteiger partial charge < -0.3 is 19.7 Å². The molecule has 0 unspecified atom stereocenters. The number of amides is 2. The maximum absolute atomic E-state index is 12.6. The quantitative estimate of drug-likeness (QED) is 0.722. The van der Waals surface area contributed by atoms with Crippen LogP contribution in [0, 0.1) is 0 Å². The highest BCUT2D eigenvalue weighted by Gasteiger charge is 2.23. The van der Waals surface area contributed by atoms with Crippen molar-refractivity contribution >= 4 is 17.5 Å². The molecule has 1 aliphatic rings. The molecule has 30 heavy (non-hydrogen) atoms. The van der Waals surface area contributed by atoms with E-state index < -0.39 is 6.04 Å². The van der Waals surface area contributed by atoms with Crippen molar-refractivity contribution in [3.8, 4) is 5.75 Å². The molecule has 0 spiro atoms. The Kier molecular flexibility index (Phi) is 7.82. The van der Waals surface area contributed by atoms with Gasteiger partial charge in [0.1, 0.15) is 12.4 Å². The molecule has 7 heteroatoms. The number of carbonyl (C=O) groups is 2. The van der Waals surface area contributed by atoms with Crippen molar-refractivity contribution in [2.45, 2.75) is 19.6 Å². The van der Waals surface area contributed by atoms with Gasteiger partial charge >= 0.3 is 0 Å². The van der Waals surface area contributed by atoms with E-state index >= 15 is 0 Å². The molecule has 0 aromatic heterocycles. The molecule has 3 rings (SSSR count). The second-order valence-corrected chi connectivity index (χ2v) is 7.37. The zero-order valence-corrected chi connectivity index (χ0v) is 17.5. The number of likely N-dealkylation sites (N-methyl/N-ethyl adjacent to an activating group) is 1. The van der Waals surface area contributed by atoms with Crippen LogP contribution in [0.25, 0.3) is 0 Å². The average Bonchev–Trinajstić information content (AvgIpc) is 2.79. The highest BCUT2D eigenvalue weighted by molar-refractivity contribution is 5.95. The number of hydrogen-bond donors (Lipinski definition) is 1. The van der Waals surface area contributed by atoms with Gasteiger partial charge in [-0.1, -0.05) is 30.3 Å². The van der Waals surface area contributed by atoms with Gasteiger partial charge in [0.15, 0.2) is 0 Å². The van der Waals surface area contributed by atoms with Gasteiger partial charge in [0, 0.05) is 18.8 Å². The monoisotopic (exact) mass is 411 g/mol. The molecule has 1 atom stereocenters. The molecular formula is C23H29N3O4. The van der Waals surface area contributed by atoms with Crippen LogP contribution in [0.5, 0.6) is 5.75 Å². The van der Waals surface area contributed by atoms with E-state index in [0.29, 0.717) is 38.6 Å². The van der Waals surface area contributed by atoms with E-state index in [9.17, 15) is 9.59 Å². The van der Waals surface area contributed by atoms with Crippen LogP contribution in [0.1, 0.15) is 12.5 Å². The van der Waals surface area contributed by atoms with Gasteiger partial charge in [-0.15, -0.1) is 0 Å². The lowest BCUT2D eigenvalue weighted by molar-refractivity contribution is -0.137. The van der Waals surface area contributed by atoms with Crippen molar-refractivity contribution in [2.24, 2.45) is 0 Å². The maximum atomic E-state index is 12.6. The second-order valence-electron chi connectivity index (χ2n) is 7.37. The number of nitrogens with zero attached hydrogens (tertiary/aromatic N) is 2. The number of morpholine rings is 1. The van der Waals surface area contributed by atoms with Crippen molar-refractivity contribution in [1.29, 1.82) is 0 Å². The average molecular weight is 412 g/mol. The summed E-state index contributed by atoms with van der Waals surface area (Å²) in [6, 6.07) is 16.8. The third-order valence-corrected chi connectivity index (χ3v) is 5.16. The largest absolute Gasteiger partial charge is 0.489 e. The van der Waals surface area contributed by atoms with Gasteiger partial charge in [-0.2, -0.15) is 0 Å². The first-order valence-electron chi connectivity index (χ1n) is 10.2. The van der Waals surface area contributed by atoms with Crippen molar-refractivity contribution in [2.75, 3.05) is 45.2 Å². The third-order valence-electron chi connectivity index (χ3n) is 5.16. The van der Waals surface area contributed by atoms with Crippen LogP contribution in [-0.2, 0) is 20.9 Å². The van der Waals surface area contributed by atoms with E-state index in [-0.39, 0.29) is 18.4 Å². The second kappa shape index (κ2) is 10.8. The minimum Gasteiger partial charge on any atom is -0.489 e. The molecule has 0 saturated carbocycles.